The molecule has 2 aromatic carbocycles. The van der Waals surface area contributed by atoms with Crippen LogP contribution in [0.4, 0.5) is 18.9 Å². The van der Waals surface area contributed by atoms with Gasteiger partial charge in [-0.15, -0.1) is 0 Å². The van der Waals surface area contributed by atoms with E-state index in [0.717, 1.165) is 36.1 Å². The first-order valence-electron chi connectivity index (χ1n) is 10.7. The Hall–Kier alpha value is -2.87. The predicted octanol–water partition coefficient (Wildman–Crippen LogP) is 5.39. The second-order valence-corrected chi connectivity index (χ2v) is 8.37. The van der Waals surface area contributed by atoms with Crippen molar-refractivity contribution in [3.8, 4) is 0 Å². The Morgan fingerprint density at radius 2 is 1.88 bits per heavy atom. The first-order valence-corrected chi connectivity index (χ1v) is 10.7. The molecule has 0 unspecified atom stereocenters. The summed E-state index contributed by atoms with van der Waals surface area (Å²) in [5.41, 5.74) is 1.77. The van der Waals surface area contributed by atoms with Crippen molar-refractivity contribution in [2.45, 2.75) is 45.1 Å². The number of benzene rings is 2. The van der Waals surface area contributed by atoms with Gasteiger partial charge in [0.25, 0.3) is 12.0 Å². The molecule has 1 fully saturated rings. The Labute approximate surface area is 184 Å². The molecular weight excluding hydrogens is 419 g/mol. The van der Waals surface area contributed by atoms with E-state index in [-0.39, 0.29) is 17.2 Å². The van der Waals surface area contributed by atoms with Crippen LogP contribution in [0, 0.1) is 12.7 Å². The van der Waals surface area contributed by atoms with Gasteiger partial charge < -0.3 is 10.1 Å². The Kier molecular flexibility index (Phi) is 6.24. The number of nitrogens with zero attached hydrogens (tertiary/aromatic N) is 2. The molecule has 2 heterocycles. The molecule has 4 rings (SSSR count). The van der Waals surface area contributed by atoms with E-state index in [1.807, 2.05) is 19.9 Å². The zero-order chi connectivity index (χ0) is 23.0. The fourth-order valence-corrected chi connectivity index (χ4v) is 4.38. The predicted molar refractivity (Wildman–Crippen MR) is 118 cm³/mol. The molecule has 32 heavy (non-hydrogen) atoms. The number of hydrogen-bond donors (Lipinski definition) is 1. The fraction of sp³-hybridized carbons (Fsp3) is 0.417. The van der Waals surface area contributed by atoms with Crippen LogP contribution in [0.2, 0.25) is 0 Å². The van der Waals surface area contributed by atoms with E-state index in [1.54, 1.807) is 17.7 Å². The van der Waals surface area contributed by atoms with Gasteiger partial charge in [-0.3, -0.25) is 9.36 Å². The largest absolute Gasteiger partial charge is 0.381 e. The Morgan fingerprint density at radius 3 is 2.56 bits per heavy atom. The Morgan fingerprint density at radius 1 is 1.16 bits per heavy atom. The summed E-state index contributed by atoms with van der Waals surface area (Å²) >= 11 is 0. The number of hydrogen-bond acceptors (Lipinski definition) is 4. The summed E-state index contributed by atoms with van der Waals surface area (Å²) < 4.78 is 47.5. The van der Waals surface area contributed by atoms with Crippen molar-refractivity contribution in [2.24, 2.45) is 7.05 Å². The maximum absolute atomic E-state index is 13.5. The van der Waals surface area contributed by atoms with Crippen LogP contribution in [0.25, 0.3) is 10.9 Å². The maximum Gasteiger partial charge on any atom is 0.265 e. The van der Waals surface area contributed by atoms with Gasteiger partial charge in [-0.25, -0.2) is 18.2 Å². The van der Waals surface area contributed by atoms with Crippen molar-refractivity contribution in [1.82, 2.24) is 9.55 Å². The number of ether oxygens (including phenoxy) is 1. The molecule has 1 aromatic heterocycles. The highest BCUT2D eigenvalue weighted by molar-refractivity contribution is 5.83. The number of aryl methyl sites for hydroxylation is 1. The quantitative estimate of drug-likeness (QED) is 0.573. The molecule has 1 aliphatic heterocycles. The van der Waals surface area contributed by atoms with E-state index in [9.17, 15) is 18.0 Å². The third kappa shape index (κ3) is 4.24. The van der Waals surface area contributed by atoms with E-state index >= 15 is 0 Å². The lowest BCUT2D eigenvalue weighted by Crippen LogP contribution is -2.27. The molecule has 0 amide bonds. The van der Waals surface area contributed by atoms with E-state index in [0.29, 0.717) is 29.9 Å². The van der Waals surface area contributed by atoms with Crippen LogP contribution in [0.3, 0.4) is 0 Å². The summed E-state index contributed by atoms with van der Waals surface area (Å²) in [6, 6.07) is 6.56. The van der Waals surface area contributed by atoms with Gasteiger partial charge in [0.2, 0.25) is 0 Å². The molecule has 5 nitrogen and oxygen atoms in total. The lowest BCUT2D eigenvalue weighted by atomic mass is 9.97. The van der Waals surface area contributed by atoms with Crippen LogP contribution < -0.4 is 10.9 Å². The van der Waals surface area contributed by atoms with Gasteiger partial charge in [-0.05, 0) is 56.5 Å². The van der Waals surface area contributed by atoms with Crippen molar-refractivity contribution in [1.29, 1.82) is 0 Å². The number of fused-ring (bicyclic) bond motifs is 1. The van der Waals surface area contributed by atoms with E-state index in [4.69, 9.17) is 9.72 Å². The lowest BCUT2D eigenvalue weighted by molar-refractivity contribution is 0.0828. The third-order valence-electron chi connectivity index (χ3n) is 6.06. The molecular formula is C24H26F3N3O2. The van der Waals surface area contributed by atoms with Crippen LogP contribution in [-0.2, 0) is 11.8 Å². The topological polar surface area (TPSA) is 56.2 Å². The van der Waals surface area contributed by atoms with Crippen molar-refractivity contribution in [3.05, 3.63) is 69.0 Å². The molecule has 1 aliphatic rings. The molecule has 1 saturated heterocycles. The average molecular weight is 445 g/mol. The zero-order valence-corrected chi connectivity index (χ0v) is 18.3. The summed E-state index contributed by atoms with van der Waals surface area (Å²) in [6.45, 7) is 4.95. The number of alkyl halides is 2. The maximum atomic E-state index is 13.5. The Balaban J connectivity index is 1.81. The van der Waals surface area contributed by atoms with Crippen LogP contribution in [-0.4, -0.2) is 22.8 Å². The molecule has 0 saturated carbocycles. The fourth-order valence-electron chi connectivity index (χ4n) is 4.38. The summed E-state index contributed by atoms with van der Waals surface area (Å²) in [5, 5.41) is 3.56. The monoisotopic (exact) mass is 445 g/mol. The van der Waals surface area contributed by atoms with Crippen molar-refractivity contribution in [3.63, 3.8) is 0 Å². The first kappa shape index (κ1) is 22.3. The average Bonchev–Trinajstić information content (AvgIpc) is 2.77. The number of halogens is 3. The molecule has 1 N–H and O–H groups in total. The highest BCUT2D eigenvalue weighted by Gasteiger charge is 2.24. The highest BCUT2D eigenvalue weighted by atomic mass is 19.3. The molecule has 3 aromatic rings. The number of rotatable bonds is 5. The molecule has 8 heteroatoms. The minimum atomic E-state index is -2.82. The number of anilines is 1. The van der Waals surface area contributed by atoms with Gasteiger partial charge in [0.1, 0.15) is 11.6 Å². The second kappa shape index (κ2) is 8.94. The number of aromatic nitrogens is 2. The van der Waals surface area contributed by atoms with Gasteiger partial charge in [-0.1, -0.05) is 6.07 Å². The second-order valence-electron chi connectivity index (χ2n) is 8.37. The molecule has 0 bridgehead atoms. The highest BCUT2D eigenvalue weighted by Crippen LogP contribution is 2.33. The third-order valence-corrected chi connectivity index (χ3v) is 6.06. The minimum Gasteiger partial charge on any atom is -0.381 e. The van der Waals surface area contributed by atoms with Gasteiger partial charge in [0.15, 0.2) is 0 Å². The van der Waals surface area contributed by atoms with Gasteiger partial charge in [0.05, 0.1) is 16.9 Å². The normalized spacial score (nSPS) is 16.0. The van der Waals surface area contributed by atoms with Crippen molar-refractivity contribution >= 4 is 16.6 Å². The van der Waals surface area contributed by atoms with E-state index in [1.165, 1.54) is 6.07 Å². The van der Waals surface area contributed by atoms with Gasteiger partial charge in [-0.2, -0.15) is 0 Å². The van der Waals surface area contributed by atoms with Crippen LogP contribution >= 0.6 is 0 Å². The molecule has 1 atom stereocenters. The smallest absolute Gasteiger partial charge is 0.265 e. The number of nitrogens with one attached hydrogen (secondary N) is 1. The van der Waals surface area contributed by atoms with E-state index < -0.39 is 23.8 Å². The standard InChI is InChI=1S/C24H26F3N3O2/c1-13-10-17(14(2)28-20-5-4-16(25)12-18(20)22(26)27)21-19(11-13)24(31)30(3)23(29-21)15-6-8-32-9-7-15/h4-5,10-12,14-15,22,28H,6-9H2,1-3H3/t14-/m1/s1. The minimum absolute atomic E-state index is 0.116. The van der Waals surface area contributed by atoms with Crippen molar-refractivity contribution in [2.75, 3.05) is 18.5 Å². The first-order chi connectivity index (χ1) is 15.3. The zero-order valence-electron chi connectivity index (χ0n) is 18.3. The van der Waals surface area contributed by atoms with Crippen LogP contribution in [0.5, 0.6) is 0 Å². The summed E-state index contributed by atoms with van der Waals surface area (Å²) in [4.78, 5) is 18.1. The van der Waals surface area contributed by atoms with E-state index in [2.05, 4.69) is 5.32 Å². The molecule has 0 radical (unpaired) electrons. The van der Waals surface area contributed by atoms with Gasteiger partial charge >= 0.3 is 0 Å². The lowest BCUT2D eigenvalue weighted by Gasteiger charge is -2.25. The van der Waals surface area contributed by atoms with Crippen LogP contribution in [0.15, 0.2) is 35.1 Å². The summed E-state index contributed by atoms with van der Waals surface area (Å²) in [5.74, 6) is 0.106. The SMILES string of the molecule is Cc1cc([C@@H](C)Nc2ccc(F)cc2C(F)F)c2nc(C3CCOCC3)n(C)c(=O)c2c1. The van der Waals surface area contributed by atoms with Crippen LogP contribution in [0.1, 0.15) is 60.7 Å². The van der Waals surface area contributed by atoms with Gasteiger partial charge in [0, 0.05) is 43.0 Å². The molecule has 170 valence electrons. The summed E-state index contributed by atoms with van der Waals surface area (Å²) in [6.07, 6.45) is -1.25. The van der Waals surface area contributed by atoms with Crippen molar-refractivity contribution < 1.29 is 17.9 Å². The Bertz CT molecular complexity index is 1200. The molecule has 0 aliphatic carbocycles. The summed E-state index contributed by atoms with van der Waals surface area (Å²) in [7, 11) is 1.73. The molecule has 0 spiro atoms.